The summed E-state index contributed by atoms with van der Waals surface area (Å²) in [4.78, 5) is 87.1. The van der Waals surface area contributed by atoms with Crippen molar-refractivity contribution in [1.82, 2.24) is 10.6 Å². The van der Waals surface area contributed by atoms with Gasteiger partial charge in [0.1, 0.15) is 36.4 Å². The Morgan fingerprint density at radius 3 is 1.86 bits per heavy atom. The van der Waals surface area contributed by atoms with Gasteiger partial charge in [0, 0.05) is 40.2 Å². The molecule has 2 aliphatic rings. The first-order chi connectivity index (χ1) is 27.9. The number of carbonyl (C=O) groups excluding carboxylic acids is 7. The van der Waals surface area contributed by atoms with Gasteiger partial charge in [-0.2, -0.15) is 0 Å². The van der Waals surface area contributed by atoms with Crippen molar-refractivity contribution >= 4 is 53.6 Å². The lowest BCUT2D eigenvalue weighted by molar-refractivity contribution is -0.237. The Bertz CT molecular complexity index is 1780. The minimum absolute atomic E-state index is 0.0240. The summed E-state index contributed by atoms with van der Waals surface area (Å²) in [6, 6.07) is 14.5. The van der Waals surface area contributed by atoms with Crippen LogP contribution in [0.5, 0.6) is 0 Å². The van der Waals surface area contributed by atoms with Gasteiger partial charge in [0.2, 0.25) is 5.91 Å². The number of unbranched alkanes of at least 4 members (excludes halogenated alkanes) is 2. The highest BCUT2D eigenvalue weighted by atomic mass is 32.2. The monoisotopic (exact) mass is 842 g/mol. The van der Waals surface area contributed by atoms with Gasteiger partial charge < -0.3 is 43.8 Å². The van der Waals surface area contributed by atoms with Crippen molar-refractivity contribution in [1.29, 1.82) is 0 Å². The highest BCUT2D eigenvalue weighted by molar-refractivity contribution is 7.99. The highest BCUT2D eigenvalue weighted by Gasteiger charge is 2.52. The molecule has 0 unspecified atom stereocenters. The van der Waals surface area contributed by atoms with Crippen LogP contribution in [0.4, 0.5) is 4.79 Å². The molecule has 16 nitrogen and oxygen atoms in total. The molecule has 59 heavy (non-hydrogen) atoms. The van der Waals surface area contributed by atoms with E-state index in [1.807, 2.05) is 48.5 Å². The maximum absolute atomic E-state index is 13.4. The van der Waals surface area contributed by atoms with Crippen LogP contribution in [0.1, 0.15) is 91.2 Å². The maximum atomic E-state index is 13.4. The summed E-state index contributed by atoms with van der Waals surface area (Å²) in [5, 5.41) is 5.34. The number of alkyl carbamates (subject to hydrolysis) is 1. The van der Waals surface area contributed by atoms with Gasteiger partial charge in [-0.25, -0.2) is 4.79 Å². The number of nitrogens with one attached hydrogen (secondary N) is 2. The van der Waals surface area contributed by atoms with Gasteiger partial charge in [0.15, 0.2) is 18.3 Å². The van der Waals surface area contributed by atoms with E-state index in [1.165, 1.54) is 25.6 Å². The van der Waals surface area contributed by atoms with E-state index in [4.69, 9.17) is 33.2 Å². The minimum Gasteiger partial charge on any atom is -0.463 e. The zero-order chi connectivity index (χ0) is 43.3. The fraction of sp³-hybridized carbons (Fsp3) is 0.548. The molecule has 1 heterocycles. The quantitative estimate of drug-likeness (QED) is 0.118. The molecule has 0 spiro atoms. The van der Waals surface area contributed by atoms with E-state index in [0.717, 1.165) is 36.1 Å². The molecule has 2 N–H and O–H groups in total. The lowest BCUT2D eigenvalue weighted by Gasteiger charge is -2.44. The summed E-state index contributed by atoms with van der Waals surface area (Å²) < 4.78 is 38.8. The summed E-state index contributed by atoms with van der Waals surface area (Å²) in [6.45, 7) is 9.72. The molecule has 1 fully saturated rings. The average molecular weight is 843 g/mol. The number of amides is 2. The Morgan fingerprint density at radius 2 is 1.29 bits per heavy atom. The predicted octanol–water partition coefficient (Wildman–Crippen LogP) is 4.73. The van der Waals surface area contributed by atoms with Crippen LogP contribution >= 0.6 is 11.8 Å². The van der Waals surface area contributed by atoms with Crippen molar-refractivity contribution in [2.45, 2.75) is 122 Å². The SMILES string of the molecule is CC(=O)OC[C@H]1O[C@@H](SCCCCCNC(=O)[C@H](CC(=O)OC(C)(C)C)NC(=O)OCC2c3ccccc3-c3ccccc32)[C@H](OC(C)=O)[C@@H](OC(C)=O)[C@H]1OC(C)=O. The zero-order valence-corrected chi connectivity index (χ0v) is 35.3. The van der Waals surface area contributed by atoms with Gasteiger partial charge in [-0.05, 0) is 61.6 Å². The van der Waals surface area contributed by atoms with Crippen LogP contribution < -0.4 is 10.6 Å². The first-order valence-corrected chi connectivity index (χ1v) is 20.5. The normalized spacial score (nSPS) is 20.2. The van der Waals surface area contributed by atoms with E-state index in [9.17, 15) is 33.6 Å². The van der Waals surface area contributed by atoms with Crippen LogP contribution in [0, 0.1) is 0 Å². The number of esters is 5. The summed E-state index contributed by atoms with van der Waals surface area (Å²) in [5.74, 6) is -3.72. The van der Waals surface area contributed by atoms with Crippen molar-refractivity contribution in [2.75, 3.05) is 25.5 Å². The molecule has 1 aliphatic carbocycles. The number of fused-ring (bicyclic) bond motifs is 3. The number of rotatable bonds is 18. The van der Waals surface area contributed by atoms with Gasteiger partial charge in [-0.1, -0.05) is 55.0 Å². The van der Waals surface area contributed by atoms with Gasteiger partial charge in [-0.3, -0.25) is 28.8 Å². The molecule has 2 aromatic carbocycles. The smallest absolute Gasteiger partial charge is 0.407 e. The van der Waals surface area contributed by atoms with E-state index in [-0.39, 0.29) is 25.7 Å². The third-order valence-corrected chi connectivity index (χ3v) is 10.3. The number of hydrogen-bond acceptors (Lipinski definition) is 15. The molecular weight excluding hydrogens is 789 g/mol. The van der Waals surface area contributed by atoms with E-state index in [1.54, 1.807) is 20.8 Å². The third kappa shape index (κ3) is 14.3. The van der Waals surface area contributed by atoms with Crippen LogP contribution in [0.2, 0.25) is 0 Å². The second-order valence-corrected chi connectivity index (χ2v) is 16.3. The number of ether oxygens (including phenoxy) is 7. The minimum atomic E-state index is -1.27. The van der Waals surface area contributed by atoms with Gasteiger partial charge in [-0.15, -0.1) is 11.8 Å². The highest BCUT2D eigenvalue weighted by Crippen LogP contribution is 2.44. The number of hydrogen-bond donors (Lipinski definition) is 2. The summed E-state index contributed by atoms with van der Waals surface area (Å²) in [6.07, 6.45) is -4.21. The molecule has 17 heteroatoms. The van der Waals surface area contributed by atoms with E-state index in [2.05, 4.69) is 10.6 Å². The van der Waals surface area contributed by atoms with E-state index >= 15 is 0 Å². The molecule has 0 radical (unpaired) electrons. The van der Waals surface area contributed by atoms with Crippen LogP contribution in [0.15, 0.2) is 48.5 Å². The number of thioether (sulfide) groups is 1. The molecule has 4 rings (SSSR count). The lowest BCUT2D eigenvalue weighted by Crippen LogP contribution is -2.61. The topological polar surface area (TPSA) is 208 Å². The van der Waals surface area contributed by atoms with E-state index in [0.29, 0.717) is 25.0 Å². The third-order valence-electron chi connectivity index (χ3n) is 9.09. The number of carbonyl (C=O) groups is 7. The van der Waals surface area contributed by atoms with E-state index < -0.39 is 89.8 Å². The molecule has 0 saturated carbocycles. The summed E-state index contributed by atoms with van der Waals surface area (Å²) in [5.41, 5.74) is 2.49. The zero-order valence-electron chi connectivity index (χ0n) is 34.4. The molecule has 6 atom stereocenters. The van der Waals surface area contributed by atoms with Gasteiger partial charge >= 0.3 is 35.9 Å². The molecular formula is C42H54N2O14S. The van der Waals surface area contributed by atoms with Crippen LogP contribution in [0.3, 0.4) is 0 Å². The molecule has 0 bridgehead atoms. The largest absolute Gasteiger partial charge is 0.463 e. The Kier molecular flexibility index (Phi) is 17.1. The molecule has 1 aliphatic heterocycles. The molecule has 322 valence electrons. The Balaban J connectivity index is 1.32. The van der Waals surface area contributed by atoms with Crippen LogP contribution in [0.25, 0.3) is 11.1 Å². The number of benzene rings is 2. The maximum Gasteiger partial charge on any atom is 0.407 e. The van der Waals surface area contributed by atoms with Crippen molar-refractivity contribution in [3.63, 3.8) is 0 Å². The lowest BCUT2D eigenvalue weighted by atomic mass is 9.98. The van der Waals surface area contributed by atoms with Crippen molar-refractivity contribution in [3.8, 4) is 11.1 Å². The molecule has 1 saturated heterocycles. The average Bonchev–Trinajstić information content (AvgIpc) is 3.46. The van der Waals surface area contributed by atoms with Crippen LogP contribution in [-0.2, 0) is 61.9 Å². The fourth-order valence-corrected chi connectivity index (χ4v) is 8.03. The summed E-state index contributed by atoms with van der Waals surface area (Å²) >= 11 is 1.26. The fourth-order valence-electron chi connectivity index (χ4n) is 6.80. The predicted molar refractivity (Wildman–Crippen MR) is 214 cm³/mol. The van der Waals surface area contributed by atoms with Crippen LogP contribution in [-0.4, -0.2) is 109 Å². The van der Waals surface area contributed by atoms with Gasteiger partial charge in [0.25, 0.3) is 0 Å². The Hall–Kier alpha value is -5.16. The van der Waals surface area contributed by atoms with Crippen molar-refractivity contribution < 1.29 is 66.7 Å². The second kappa shape index (κ2) is 21.7. The Labute approximate surface area is 348 Å². The standard InChI is InChI=1S/C42H54N2O14S/c1-24(45)52-23-34-36(54-25(2)46)37(55-26(3)47)38(56-27(4)48)40(57-34)59-20-14-8-13-19-43-39(50)33(21-35(49)58-42(5,6)7)44-41(51)53-22-32-30-17-11-9-15-28(30)29-16-10-12-18-31(29)32/h9-12,15-18,32-34,36-38,40H,8,13-14,19-23H2,1-7H3,(H,43,50)(H,44,51)/t33-,34+,36-,37-,38+,40-/m0/s1. The van der Waals surface area contributed by atoms with Gasteiger partial charge in [0.05, 0.1) is 6.42 Å². The van der Waals surface area contributed by atoms with Crippen molar-refractivity contribution in [3.05, 3.63) is 59.7 Å². The van der Waals surface area contributed by atoms with Crippen molar-refractivity contribution in [2.24, 2.45) is 0 Å². The molecule has 0 aromatic heterocycles. The molecule has 2 amide bonds. The Morgan fingerprint density at radius 1 is 0.712 bits per heavy atom. The summed E-state index contributed by atoms with van der Waals surface area (Å²) in [7, 11) is 0. The first-order valence-electron chi connectivity index (χ1n) is 19.5. The molecule has 2 aromatic rings. The second-order valence-electron chi connectivity index (χ2n) is 15.1. The first kappa shape index (κ1) is 46.5.